The molecule has 0 amide bonds. The summed E-state index contributed by atoms with van der Waals surface area (Å²) in [4.78, 5) is 10.1. The summed E-state index contributed by atoms with van der Waals surface area (Å²) in [6, 6.07) is 0. The molecule has 0 aromatic carbocycles. The third-order valence-electron chi connectivity index (χ3n) is 3.06. The molecule has 1 saturated heterocycles. The molecule has 1 aliphatic heterocycles. The molecule has 102 valence electrons. The first-order valence-corrected chi connectivity index (χ1v) is 6.67. The second kappa shape index (κ2) is 8.12. The molecule has 1 aliphatic rings. The number of hydrogen-bond donors (Lipinski definition) is 0. The minimum Gasteiger partial charge on any atom is -0.394 e. The number of oxime groups is 1. The van der Waals surface area contributed by atoms with Crippen LogP contribution in [0.3, 0.4) is 0 Å². The van der Waals surface area contributed by atoms with E-state index in [0.717, 1.165) is 38.4 Å². The van der Waals surface area contributed by atoms with Crippen molar-refractivity contribution < 1.29 is 4.84 Å². The second-order valence-electron chi connectivity index (χ2n) is 4.98. The first-order chi connectivity index (χ1) is 8.63. The molecule has 1 heterocycles. The molecule has 0 aromatic rings. The van der Waals surface area contributed by atoms with Gasteiger partial charge in [-0.05, 0) is 19.9 Å². The Bertz CT molecular complexity index is 320. The SMILES string of the molecule is CC#C/C(=N\OCCN1CCN(C)CC1)C(C)C. The molecule has 0 spiro atoms. The van der Waals surface area contributed by atoms with Crippen molar-refractivity contribution in [2.45, 2.75) is 20.8 Å². The predicted octanol–water partition coefficient (Wildman–Crippen LogP) is 1.29. The third kappa shape index (κ3) is 5.52. The van der Waals surface area contributed by atoms with Crippen LogP contribution >= 0.6 is 0 Å². The summed E-state index contributed by atoms with van der Waals surface area (Å²) in [5.41, 5.74) is 0.830. The zero-order chi connectivity index (χ0) is 13.4. The highest BCUT2D eigenvalue weighted by atomic mass is 16.6. The summed E-state index contributed by atoms with van der Waals surface area (Å²) < 4.78 is 0. The van der Waals surface area contributed by atoms with Crippen LogP contribution in [0, 0.1) is 17.8 Å². The molecule has 0 aliphatic carbocycles. The fourth-order valence-corrected chi connectivity index (χ4v) is 1.76. The molecule has 1 fully saturated rings. The van der Waals surface area contributed by atoms with Crippen molar-refractivity contribution in [3.05, 3.63) is 0 Å². The van der Waals surface area contributed by atoms with E-state index in [1.807, 2.05) is 6.92 Å². The molecular weight excluding hydrogens is 226 g/mol. The Balaban J connectivity index is 2.24. The van der Waals surface area contributed by atoms with Gasteiger partial charge in [-0.25, -0.2) is 0 Å². The van der Waals surface area contributed by atoms with Crippen LogP contribution in [0.5, 0.6) is 0 Å². The van der Waals surface area contributed by atoms with Gasteiger partial charge in [0.25, 0.3) is 0 Å². The fraction of sp³-hybridized carbons (Fsp3) is 0.786. The van der Waals surface area contributed by atoms with Gasteiger partial charge in [0.15, 0.2) is 0 Å². The van der Waals surface area contributed by atoms with Crippen molar-refractivity contribution in [1.29, 1.82) is 0 Å². The van der Waals surface area contributed by atoms with Crippen LogP contribution in [0.15, 0.2) is 5.16 Å². The van der Waals surface area contributed by atoms with Gasteiger partial charge >= 0.3 is 0 Å². The minimum absolute atomic E-state index is 0.320. The Kier molecular flexibility index (Phi) is 6.77. The summed E-state index contributed by atoms with van der Waals surface area (Å²) >= 11 is 0. The summed E-state index contributed by atoms with van der Waals surface area (Å²) in [6.45, 7) is 12.1. The molecule has 4 nitrogen and oxygen atoms in total. The van der Waals surface area contributed by atoms with Crippen molar-refractivity contribution in [3.63, 3.8) is 0 Å². The number of piperazine rings is 1. The van der Waals surface area contributed by atoms with E-state index in [4.69, 9.17) is 4.84 Å². The standard InChI is InChI=1S/C14H25N3O/c1-5-6-14(13(2)3)15-18-12-11-17-9-7-16(4)8-10-17/h13H,7-12H2,1-4H3/b15-14+. The lowest BCUT2D eigenvalue weighted by Crippen LogP contribution is -2.45. The Morgan fingerprint density at radius 1 is 1.28 bits per heavy atom. The molecule has 0 bridgehead atoms. The molecular formula is C14H25N3O. The van der Waals surface area contributed by atoms with Crippen molar-refractivity contribution in [1.82, 2.24) is 9.80 Å². The van der Waals surface area contributed by atoms with Gasteiger partial charge in [-0.3, -0.25) is 4.90 Å². The Hall–Kier alpha value is -1.05. The van der Waals surface area contributed by atoms with E-state index in [9.17, 15) is 0 Å². The molecule has 0 saturated carbocycles. The van der Waals surface area contributed by atoms with Crippen molar-refractivity contribution in [2.24, 2.45) is 11.1 Å². The lowest BCUT2D eigenvalue weighted by Gasteiger charge is -2.31. The average molecular weight is 251 g/mol. The third-order valence-corrected chi connectivity index (χ3v) is 3.06. The maximum Gasteiger partial charge on any atom is 0.132 e. The Labute approximate surface area is 111 Å². The summed E-state index contributed by atoms with van der Waals surface area (Å²) in [5.74, 6) is 6.17. The number of rotatable bonds is 5. The minimum atomic E-state index is 0.320. The quantitative estimate of drug-likeness (QED) is 0.319. The van der Waals surface area contributed by atoms with E-state index in [-0.39, 0.29) is 0 Å². The lowest BCUT2D eigenvalue weighted by molar-refractivity contribution is 0.0857. The molecule has 18 heavy (non-hydrogen) atoms. The number of likely N-dealkylation sites (N-methyl/N-ethyl adjacent to an activating group) is 1. The van der Waals surface area contributed by atoms with E-state index in [0.29, 0.717) is 12.5 Å². The zero-order valence-corrected chi connectivity index (χ0v) is 12.1. The highest BCUT2D eigenvalue weighted by Gasteiger charge is 2.13. The van der Waals surface area contributed by atoms with Crippen LogP contribution in [0.1, 0.15) is 20.8 Å². The Morgan fingerprint density at radius 2 is 1.94 bits per heavy atom. The van der Waals surface area contributed by atoms with Crippen molar-refractivity contribution >= 4 is 5.71 Å². The molecule has 0 atom stereocenters. The zero-order valence-electron chi connectivity index (χ0n) is 12.1. The average Bonchev–Trinajstić information content (AvgIpc) is 2.35. The second-order valence-corrected chi connectivity index (χ2v) is 4.98. The van der Waals surface area contributed by atoms with Gasteiger partial charge in [0.1, 0.15) is 12.3 Å². The first kappa shape index (κ1) is 15.0. The van der Waals surface area contributed by atoms with Gasteiger partial charge in [0.05, 0.1) is 0 Å². The van der Waals surface area contributed by atoms with Gasteiger partial charge in [-0.1, -0.05) is 24.9 Å². The fourth-order valence-electron chi connectivity index (χ4n) is 1.76. The highest BCUT2D eigenvalue weighted by molar-refractivity contribution is 6.01. The topological polar surface area (TPSA) is 28.1 Å². The molecule has 4 heteroatoms. The summed E-state index contributed by atoms with van der Waals surface area (Å²) in [7, 11) is 2.16. The van der Waals surface area contributed by atoms with E-state index in [2.05, 4.69) is 47.7 Å². The summed E-state index contributed by atoms with van der Waals surface area (Å²) in [5, 5.41) is 4.12. The largest absolute Gasteiger partial charge is 0.394 e. The van der Waals surface area contributed by atoms with Crippen LogP contribution in [0.25, 0.3) is 0 Å². The van der Waals surface area contributed by atoms with Gasteiger partial charge in [-0.15, -0.1) is 0 Å². The lowest BCUT2D eigenvalue weighted by atomic mass is 10.1. The monoisotopic (exact) mass is 251 g/mol. The van der Waals surface area contributed by atoms with Crippen LogP contribution < -0.4 is 0 Å². The maximum absolute atomic E-state index is 5.37. The number of hydrogen-bond acceptors (Lipinski definition) is 4. The van der Waals surface area contributed by atoms with Crippen LogP contribution in [-0.4, -0.2) is 61.9 Å². The summed E-state index contributed by atoms with van der Waals surface area (Å²) in [6.07, 6.45) is 0. The molecule has 1 rings (SSSR count). The molecule has 0 N–H and O–H groups in total. The van der Waals surface area contributed by atoms with Crippen LogP contribution in [0.2, 0.25) is 0 Å². The van der Waals surface area contributed by atoms with Crippen molar-refractivity contribution in [3.8, 4) is 11.8 Å². The van der Waals surface area contributed by atoms with E-state index in [1.54, 1.807) is 0 Å². The molecule has 0 unspecified atom stereocenters. The van der Waals surface area contributed by atoms with Crippen molar-refractivity contribution in [2.75, 3.05) is 46.4 Å². The highest BCUT2D eigenvalue weighted by Crippen LogP contribution is 2.00. The smallest absolute Gasteiger partial charge is 0.132 e. The van der Waals surface area contributed by atoms with Gasteiger partial charge < -0.3 is 9.74 Å². The van der Waals surface area contributed by atoms with E-state index < -0.39 is 0 Å². The molecule has 0 aromatic heterocycles. The normalized spacial score (nSPS) is 18.6. The maximum atomic E-state index is 5.37. The van der Waals surface area contributed by atoms with Gasteiger partial charge in [0, 0.05) is 38.6 Å². The van der Waals surface area contributed by atoms with Crippen LogP contribution in [0.4, 0.5) is 0 Å². The van der Waals surface area contributed by atoms with Gasteiger partial charge in [0.2, 0.25) is 0 Å². The van der Waals surface area contributed by atoms with E-state index in [1.165, 1.54) is 0 Å². The van der Waals surface area contributed by atoms with Gasteiger partial charge in [-0.2, -0.15) is 0 Å². The predicted molar refractivity (Wildman–Crippen MR) is 75.6 cm³/mol. The number of nitrogens with zero attached hydrogens (tertiary/aromatic N) is 3. The first-order valence-electron chi connectivity index (χ1n) is 6.67. The molecule has 0 radical (unpaired) electrons. The van der Waals surface area contributed by atoms with Crippen LogP contribution in [-0.2, 0) is 4.84 Å². The Morgan fingerprint density at radius 3 is 2.50 bits per heavy atom. The van der Waals surface area contributed by atoms with E-state index >= 15 is 0 Å².